The highest BCUT2D eigenvalue weighted by Gasteiger charge is 2.21. The van der Waals surface area contributed by atoms with E-state index in [4.69, 9.17) is 4.74 Å². The van der Waals surface area contributed by atoms with Gasteiger partial charge in [-0.3, -0.25) is 4.79 Å². The second-order valence-corrected chi connectivity index (χ2v) is 6.72. The van der Waals surface area contributed by atoms with Crippen LogP contribution in [0.15, 0.2) is 9.82 Å². The quantitative estimate of drug-likeness (QED) is 0.459. The van der Waals surface area contributed by atoms with Crippen molar-refractivity contribution in [3.05, 3.63) is 21.7 Å². The van der Waals surface area contributed by atoms with Crippen molar-refractivity contribution in [2.24, 2.45) is 0 Å². The molecule has 0 aromatic carbocycles. The number of nitrogens with zero attached hydrogens (tertiary/aromatic N) is 1. The van der Waals surface area contributed by atoms with Crippen LogP contribution in [-0.4, -0.2) is 40.2 Å². The lowest BCUT2D eigenvalue weighted by Gasteiger charge is -2.22. The number of H-pyrrole nitrogens is 1. The Bertz CT molecular complexity index is 653. The zero-order chi connectivity index (χ0) is 17.5. The Morgan fingerprint density at radius 3 is 2.71 bits per heavy atom. The molecule has 1 amide bonds. The minimum Gasteiger partial charge on any atom is -0.462 e. The number of hydrogen-bond acceptors (Lipinski definition) is 6. The maximum absolute atomic E-state index is 12.1. The highest BCUT2D eigenvalue weighted by molar-refractivity contribution is 8.00. The number of aromatic nitrogens is 2. The zero-order valence-electron chi connectivity index (χ0n) is 14.0. The van der Waals surface area contributed by atoms with Gasteiger partial charge in [-0.05, 0) is 26.7 Å². The van der Waals surface area contributed by atoms with Gasteiger partial charge in [0.2, 0.25) is 5.91 Å². The third kappa shape index (κ3) is 5.09. The van der Waals surface area contributed by atoms with Gasteiger partial charge in [-0.15, -0.1) is 0 Å². The lowest BCUT2D eigenvalue weighted by atomic mass is 9.95. The van der Waals surface area contributed by atoms with Crippen LogP contribution in [-0.2, 0) is 9.53 Å². The van der Waals surface area contributed by atoms with Crippen molar-refractivity contribution in [1.29, 1.82) is 0 Å². The van der Waals surface area contributed by atoms with E-state index < -0.39 is 11.7 Å². The molecule has 2 N–H and O–H groups in total. The molecule has 0 atom stereocenters. The Balaban J connectivity index is 2.04. The third-order valence-corrected chi connectivity index (χ3v) is 4.85. The number of amides is 1. The largest absolute Gasteiger partial charge is 0.462 e. The molecule has 1 aliphatic rings. The number of rotatable bonds is 6. The van der Waals surface area contributed by atoms with Crippen LogP contribution in [0.1, 0.15) is 55.1 Å². The summed E-state index contributed by atoms with van der Waals surface area (Å²) in [6.45, 7) is 3.54. The van der Waals surface area contributed by atoms with Gasteiger partial charge in [0.1, 0.15) is 10.6 Å². The molecule has 0 unspecified atom stereocenters. The summed E-state index contributed by atoms with van der Waals surface area (Å²) in [5.74, 6) is -0.547. The molecule has 8 heteroatoms. The van der Waals surface area contributed by atoms with E-state index >= 15 is 0 Å². The standard InChI is InChI=1S/C16H23N3O4S/c1-3-23-15(21)13-10(2)17-16(22)19-14(13)24-9-12(20)18-11-7-5-4-6-8-11/h11H,3-9H2,1-2H3,(H,18,20)(H,17,19,22). The van der Waals surface area contributed by atoms with Crippen LogP contribution in [0.3, 0.4) is 0 Å². The number of thioether (sulfide) groups is 1. The minimum atomic E-state index is -0.547. The van der Waals surface area contributed by atoms with E-state index in [2.05, 4.69) is 15.3 Å². The molecule has 1 aromatic heterocycles. The Labute approximate surface area is 145 Å². The van der Waals surface area contributed by atoms with Gasteiger partial charge in [0, 0.05) is 11.7 Å². The molecule has 132 valence electrons. The van der Waals surface area contributed by atoms with E-state index in [0.29, 0.717) is 5.69 Å². The summed E-state index contributed by atoms with van der Waals surface area (Å²) in [5, 5.41) is 3.23. The normalized spacial score (nSPS) is 15.1. The molecular formula is C16H23N3O4S. The molecule has 0 aliphatic heterocycles. The van der Waals surface area contributed by atoms with Crippen molar-refractivity contribution in [3.8, 4) is 0 Å². The van der Waals surface area contributed by atoms with E-state index in [-0.39, 0.29) is 34.9 Å². The van der Waals surface area contributed by atoms with Crippen molar-refractivity contribution in [1.82, 2.24) is 15.3 Å². The first-order valence-electron chi connectivity index (χ1n) is 8.21. The third-order valence-electron chi connectivity index (χ3n) is 3.88. The molecule has 2 rings (SSSR count). The molecular weight excluding hydrogens is 330 g/mol. The van der Waals surface area contributed by atoms with Crippen LogP contribution in [0.4, 0.5) is 0 Å². The van der Waals surface area contributed by atoms with E-state index in [0.717, 1.165) is 37.4 Å². The molecule has 7 nitrogen and oxygen atoms in total. The molecule has 1 heterocycles. The molecule has 1 aromatic rings. The molecule has 1 fully saturated rings. The van der Waals surface area contributed by atoms with Crippen molar-refractivity contribution in [2.45, 2.75) is 57.0 Å². The van der Waals surface area contributed by atoms with Gasteiger partial charge >= 0.3 is 11.7 Å². The number of ether oxygens (including phenoxy) is 1. The highest BCUT2D eigenvalue weighted by atomic mass is 32.2. The number of nitrogens with one attached hydrogen (secondary N) is 2. The summed E-state index contributed by atoms with van der Waals surface area (Å²) in [4.78, 5) is 42.1. The maximum Gasteiger partial charge on any atom is 0.346 e. The van der Waals surface area contributed by atoms with E-state index in [1.807, 2.05) is 0 Å². The SMILES string of the molecule is CCOC(=O)c1c(SCC(=O)NC2CCCCC2)nc(=O)[nH]c1C. The fraction of sp³-hybridized carbons (Fsp3) is 0.625. The van der Waals surface area contributed by atoms with Crippen LogP contribution in [0.2, 0.25) is 0 Å². The van der Waals surface area contributed by atoms with Gasteiger partial charge in [-0.1, -0.05) is 31.0 Å². The molecule has 0 bridgehead atoms. The molecule has 1 saturated carbocycles. The van der Waals surface area contributed by atoms with Gasteiger partial charge in [0.15, 0.2) is 0 Å². The average molecular weight is 353 g/mol. The van der Waals surface area contributed by atoms with Crippen LogP contribution >= 0.6 is 11.8 Å². The number of carbonyl (C=O) groups excluding carboxylic acids is 2. The second-order valence-electron chi connectivity index (χ2n) is 5.76. The van der Waals surface area contributed by atoms with Gasteiger partial charge in [-0.25, -0.2) is 9.59 Å². The summed E-state index contributed by atoms with van der Waals surface area (Å²) < 4.78 is 5.00. The van der Waals surface area contributed by atoms with Crippen LogP contribution in [0, 0.1) is 6.92 Å². The molecule has 24 heavy (non-hydrogen) atoms. The van der Waals surface area contributed by atoms with Gasteiger partial charge in [-0.2, -0.15) is 4.98 Å². The van der Waals surface area contributed by atoms with Gasteiger partial charge in [0.05, 0.1) is 12.4 Å². The summed E-state index contributed by atoms with van der Waals surface area (Å²) in [5.41, 5.74) is 0.0614. The molecule has 0 radical (unpaired) electrons. The molecule has 0 spiro atoms. The van der Waals surface area contributed by atoms with Crippen molar-refractivity contribution in [2.75, 3.05) is 12.4 Å². The topological polar surface area (TPSA) is 101 Å². The number of hydrogen-bond donors (Lipinski definition) is 2. The highest BCUT2D eigenvalue weighted by Crippen LogP contribution is 2.22. The summed E-state index contributed by atoms with van der Waals surface area (Å²) in [6, 6.07) is 0.227. The summed E-state index contributed by atoms with van der Waals surface area (Å²) in [6.07, 6.45) is 5.51. The first kappa shape index (κ1) is 18.5. The van der Waals surface area contributed by atoms with E-state index in [1.54, 1.807) is 13.8 Å². The first-order chi connectivity index (χ1) is 11.5. The monoisotopic (exact) mass is 353 g/mol. The van der Waals surface area contributed by atoms with Crippen LogP contribution in [0.5, 0.6) is 0 Å². The lowest BCUT2D eigenvalue weighted by Crippen LogP contribution is -2.37. The predicted octanol–water partition coefficient (Wildman–Crippen LogP) is 1.80. The van der Waals surface area contributed by atoms with E-state index in [1.165, 1.54) is 6.42 Å². The number of esters is 1. The van der Waals surface area contributed by atoms with Crippen LogP contribution in [0.25, 0.3) is 0 Å². The number of aryl methyl sites for hydroxylation is 1. The van der Waals surface area contributed by atoms with Crippen molar-refractivity contribution >= 4 is 23.6 Å². The second kappa shape index (κ2) is 8.86. The Morgan fingerprint density at radius 1 is 1.33 bits per heavy atom. The molecule has 0 saturated heterocycles. The van der Waals surface area contributed by atoms with E-state index in [9.17, 15) is 14.4 Å². The maximum atomic E-state index is 12.1. The van der Waals surface area contributed by atoms with Gasteiger partial charge in [0.25, 0.3) is 0 Å². The average Bonchev–Trinajstić information content (AvgIpc) is 2.53. The predicted molar refractivity (Wildman–Crippen MR) is 91.3 cm³/mol. The number of carbonyl (C=O) groups is 2. The fourth-order valence-electron chi connectivity index (χ4n) is 2.76. The fourth-order valence-corrected chi connectivity index (χ4v) is 3.64. The lowest BCUT2D eigenvalue weighted by molar-refractivity contribution is -0.119. The zero-order valence-corrected chi connectivity index (χ0v) is 14.8. The molecule has 1 aliphatic carbocycles. The summed E-state index contributed by atoms with van der Waals surface area (Å²) in [7, 11) is 0. The Kier molecular flexibility index (Phi) is 6.84. The minimum absolute atomic E-state index is 0.110. The first-order valence-corrected chi connectivity index (χ1v) is 9.20. The Hall–Kier alpha value is -1.83. The smallest absolute Gasteiger partial charge is 0.346 e. The van der Waals surface area contributed by atoms with Crippen molar-refractivity contribution in [3.63, 3.8) is 0 Å². The summed E-state index contributed by atoms with van der Waals surface area (Å²) >= 11 is 1.08. The number of aromatic amines is 1. The van der Waals surface area contributed by atoms with Crippen LogP contribution < -0.4 is 11.0 Å². The van der Waals surface area contributed by atoms with Gasteiger partial charge < -0.3 is 15.0 Å². The Morgan fingerprint density at radius 2 is 2.04 bits per heavy atom. The van der Waals surface area contributed by atoms with Crippen molar-refractivity contribution < 1.29 is 14.3 Å².